The third kappa shape index (κ3) is 2.61. The van der Waals surface area contributed by atoms with Crippen LogP contribution in [0.1, 0.15) is 38.5 Å². The Bertz CT molecular complexity index is 508. The molecule has 0 aromatic carbocycles. The summed E-state index contributed by atoms with van der Waals surface area (Å²) in [6.45, 7) is -0.335. The predicted molar refractivity (Wildman–Crippen MR) is 66.5 cm³/mol. The monoisotopic (exact) mass is 353 g/mol. The Morgan fingerprint density at radius 3 is 2.09 bits per heavy atom. The van der Waals surface area contributed by atoms with E-state index in [-0.39, 0.29) is 18.9 Å². The van der Waals surface area contributed by atoms with Crippen LogP contribution in [0, 0.1) is 5.92 Å². The van der Waals surface area contributed by atoms with Crippen LogP contribution >= 0.6 is 0 Å². The molecule has 0 aromatic rings. The first-order valence-electron chi connectivity index (χ1n) is 7.08. The zero-order chi connectivity index (χ0) is 16.8. The molecular weight excluding hydrogens is 336 g/mol. The van der Waals surface area contributed by atoms with Gasteiger partial charge >= 0.3 is 17.6 Å². The lowest BCUT2D eigenvalue weighted by Gasteiger charge is -2.44. The third-order valence-electron chi connectivity index (χ3n) is 4.49. The largest absolute Gasteiger partial charge is 0.426 e. The zero-order valence-corrected chi connectivity index (χ0v) is 12.4. The van der Waals surface area contributed by atoms with Crippen LogP contribution in [-0.4, -0.2) is 42.9 Å². The van der Waals surface area contributed by atoms with Crippen molar-refractivity contribution in [3.05, 3.63) is 0 Å². The van der Waals surface area contributed by atoms with Crippen molar-refractivity contribution in [3.63, 3.8) is 0 Å². The molecule has 0 aromatic heterocycles. The van der Waals surface area contributed by atoms with Gasteiger partial charge in [0.1, 0.15) is 0 Å². The molecule has 2 atom stereocenters. The minimum Gasteiger partial charge on any atom is -0.206 e. The molecule has 2 rings (SSSR count). The van der Waals surface area contributed by atoms with E-state index in [1.165, 1.54) is 0 Å². The van der Waals surface area contributed by atoms with Gasteiger partial charge in [0.2, 0.25) is 0 Å². The number of sulfonamides is 1. The molecule has 0 bridgehead atoms. The molecule has 0 spiro atoms. The van der Waals surface area contributed by atoms with Gasteiger partial charge in [0, 0.05) is 12.6 Å². The topological polar surface area (TPSA) is 37.4 Å². The van der Waals surface area contributed by atoms with Crippen molar-refractivity contribution in [1.29, 1.82) is 0 Å². The first kappa shape index (κ1) is 17.8. The molecule has 22 heavy (non-hydrogen) atoms. The van der Waals surface area contributed by atoms with Crippen molar-refractivity contribution in [2.75, 3.05) is 6.54 Å². The van der Waals surface area contributed by atoms with E-state index in [9.17, 15) is 34.8 Å². The van der Waals surface area contributed by atoms with E-state index >= 15 is 0 Å². The van der Waals surface area contributed by atoms with E-state index in [2.05, 4.69) is 0 Å². The van der Waals surface area contributed by atoms with E-state index in [4.69, 9.17) is 0 Å². The molecule has 0 radical (unpaired) electrons. The summed E-state index contributed by atoms with van der Waals surface area (Å²) in [6.07, 6.45) is -1.52. The Morgan fingerprint density at radius 1 is 0.955 bits per heavy atom. The minimum absolute atomic E-state index is 0.173. The lowest BCUT2D eigenvalue weighted by atomic mass is 9.79. The molecule has 0 N–H and O–H groups in total. The van der Waals surface area contributed by atoms with Gasteiger partial charge < -0.3 is 0 Å². The van der Waals surface area contributed by atoms with E-state index < -0.39 is 33.7 Å². The molecule has 2 unspecified atom stereocenters. The first-order chi connectivity index (χ1) is 10.0. The molecule has 3 nitrogen and oxygen atoms in total. The molecule has 0 amide bonds. The summed E-state index contributed by atoms with van der Waals surface area (Å²) >= 11 is 0. The van der Waals surface area contributed by atoms with Gasteiger partial charge in [-0.2, -0.15) is 21.9 Å². The number of hydrogen-bond acceptors (Lipinski definition) is 2. The Morgan fingerprint density at radius 2 is 1.50 bits per heavy atom. The van der Waals surface area contributed by atoms with Crippen molar-refractivity contribution in [2.24, 2.45) is 5.92 Å². The van der Waals surface area contributed by atoms with E-state index in [0.29, 0.717) is 30.0 Å². The van der Waals surface area contributed by atoms with Crippen LogP contribution in [0.15, 0.2) is 0 Å². The summed E-state index contributed by atoms with van der Waals surface area (Å²) in [5, 5.41) is -5.83. The van der Waals surface area contributed by atoms with E-state index in [1.54, 1.807) is 0 Å². The zero-order valence-electron chi connectivity index (χ0n) is 11.6. The quantitative estimate of drug-likeness (QED) is 0.726. The predicted octanol–water partition coefficient (Wildman–Crippen LogP) is 3.46. The minimum atomic E-state index is -5.92. The molecular formula is C12H17F6NO2S. The Hall–Kier alpha value is -0.510. The number of halogens is 6. The van der Waals surface area contributed by atoms with Crippen LogP contribution < -0.4 is 0 Å². The van der Waals surface area contributed by atoms with Gasteiger partial charge in [-0.1, -0.05) is 12.8 Å². The molecule has 130 valence electrons. The maximum atomic E-state index is 13.7. The smallest absolute Gasteiger partial charge is 0.206 e. The summed E-state index contributed by atoms with van der Waals surface area (Å²) in [5.74, 6) is -6.10. The van der Waals surface area contributed by atoms with Crippen LogP contribution in [0.3, 0.4) is 0 Å². The third-order valence-corrected chi connectivity index (χ3v) is 6.48. The Labute approximate surface area is 124 Å². The average molecular weight is 353 g/mol. The summed E-state index contributed by atoms with van der Waals surface area (Å²) in [6, 6.07) is -0.799. The maximum Gasteiger partial charge on any atom is 0.426 e. The normalized spacial score (nSPS) is 28.7. The Kier molecular flexibility index (Phi) is 4.74. The molecule has 1 heterocycles. The molecule has 1 aliphatic carbocycles. The number of rotatable bonds is 4. The fourth-order valence-corrected chi connectivity index (χ4v) is 5.05. The number of nitrogens with zero attached hydrogens (tertiary/aromatic N) is 1. The van der Waals surface area contributed by atoms with E-state index in [1.807, 2.05) is 0 Å². The van der Waals surface area contributed by atoms with Gasteiger partial charge in [-0.15, -0.1) is 0 Å². The van der Waals surface area contributed by atoms with E-state index in [0.717, 1.165) is 6.42 Å². The summed E-state index contributed by atoms with van der Waals surface area (Å²) < 4.78 is 102. The number of piperidine rings is 1. The lowest BCUT2D eigenvalue weighted by molar-refractivity contribution is -0.227. The van der Waals surface area contributed by atoms with Gasteiger partial charge in [-0.05, 0) is 31.6 Å². The van der Waals surface area contributed by atoms with Crippen molar-refractivity contribution in [3.8, 4) is 0 Å². The number of alkyl halides is 6. The summed E-state index contributed by atoms with van der Waals surface area (Å²) in [5.41, 5.74) is 0. The average Bonchev–Trinajstić information content (AvgIpc) is 2.46. The van der Waals surface area contributed by atoms with Crippen LogP contribution in [0.25, 0.3) is 0 Å². The number of hydrogen-bond donors (Lipinski definition) is 0. The fraction of sp³-hybridized carbons (Fsp3) is 1.00. The van der Waals surface area contributed by atoms with Crippen LogP contribution in [0.5, 0.6) is 0 Å². The second kappa shape index (κ2) is 5.85. The SMILES string of the molecule is O=S(=O)(N1CCCC2CCCCC21)C(F)(F)C(F)(F)C(F)F. The highest BCUT2D eigenvalue weighted by molar-refractivity contribution is 7.90. The molecule has 2 aliphatic rings. The lowest BCUT2D eigenvalue weighted by Crippen LogP contribution is -2.60. The van der Waals surface area contributed by atoms with Gasteiger partial charge in [-0.3, -0.25) is 0 Å². The molecule has 2 fully saturated rings. The van der Waals surface area contributed by atoms with Gasteiger partial charge in [0.05, 0.1) is 0 Å². The highest BCUT2D eigenvalue weighted by Gasteiger charge is 2.72. The highest BCUT2D eigenvalue weighted by Crippen LogP contribution is 2.47. The fourth-order valence-electron chi connectivity index (χ4n) is 3.32. The summed E-state index contributed by atoms with van der Waals surface area (Å²) in [4.78, 5) is 0. The molecule has 10 heteroatoms. The first-order valence-corrected chi connectivity index (χ1v) is 8.52. The van der Waals surface area contributed by atoms with Gasteiger partial charge in [0.15, 0.2) is 0 Å². The van der Waals surface area contributed by atoms with Crippen LogP contribution in [0.2, 0.25) is 0 Å². The molecule has 1 saturated carbocycles. The maximum absolute atomic E-state index is 13.7. The van der Waals surface area contributed by atoms with Crippen molar-refractivity contribution >= 4 is 10.0 Å². The highest BCUT2D eigenvalue weighted by atomic mass is 32.2. The van der Waals surface area contributed by atoms with Crippen LogP contribution in [-0.2, 0) is 10.0 Å². The van der Waals surface area contributed by atoms with Crippen LogP contribution in [0.4, 0.5) is 26.3 Å². The van der Waals surface area contributed by atoms with Gasteiger partial charge in [0.25, 0.3) is 10.0 Å². The molecule has 1 saturated heterocycles. The Balaban J connectivity index is 2.36. The number of fused-ring (bicyclic) bond motifs is 1. The van der Waals surface area contributed by atoms with Crippen molar-refractivity contribution in [2.45, 2.75) is 62.2 Å². The summed E-state index contributed by atoms with van der Waals surface area (Å²) in [7, 11) is -5.86. The van der Waals surface area contributed by atoms with Crippen molar-refractivity contribution < 1.29 is 34.8 Å². The second-order valence-electron chi connectivity index (χ2n) is 5.81. The second-order valence-corrected chi connectivity index (χ2v) is 7.74. The molecule has 1 aliphatic heterocycles. The standard InChI is InChI=1S/C12H17F6NO2S/c13-10(14)11(15,16)12(17,18)22(20,21)19-7-3-5-8-4-1-2-6-9(8)19/h8-10H,1-7H2. The van der Waals surface area contributed by atoms with Gasteiger partial charge in [-0.25, -0.2) is 17.2 Å². The van der Waals surface area contributed by atoms with Crippen molar-refractivity contribution in [1.82, 2.24) is 4.31 Å².